The van der Waals surface area contributed by atoms with E-state index in [1.54, 1.807) is 4.68 Å². The molecule has 1 N–H and O–H groups in total. The first-order valence-corrected chi connectivity index (χ1v) is 7.19. The van der Waals surface area contributed by atoms with Crippen LogP contribution in [-0.2, 0) is 0 Å². The van der Waals surface area contributed by atoms with Crippen LogP contribution in [0, 0.1) is 6.92 Å². The van der Waals surface area contributed by atoms with E-state index in [2.05, 4.69) is 36.8 Å². The number of benzene rings is 1. The Morgan fingerprint density at radius 3 is 2.89 bits per heavy atom. The van der Waals surface area contributed by atoms with E-state index in [4.69, 9.17) is 11.6 Å². The standard InChI is InChI=1S/C12H15BrClN5/c1-4-15-8(3)12-16-17-18-19(12)11-6-10(14)7(2)5-9(11)13/h5-6,8,15H,4H2,1-3H3. The average Bonchev–Trinajstić information content (AvgIpc) is 2.83. The molecule has 0 aliphatic rings. The van der Waals surface area contributed by atoms with E-state index in [1.165, 1.54) is 0 Å². The zero-order valence-corrected chi connectivity index (χ0v) is 13.3. The second-order valence-electron chi connectivity index (χ2n) is 4.28. The summed E-state index contributed by atoms with van der Waals surface area (Å²) in [5.41, 5.74) is 1.84. The van der Waals surface area contributed by atoms with Gasteiger partial charge in [0.1, 0.15) is 0 Å². The molecule has 102 valence electrons. The Balaban J connectivity index is 2.48. The smallest absolute Gasteiger partial charge is 0.173 e. The van der Waals surface area contributed by atoms with Gasteiger partial charge in [0.25, 0.3) is 0 Å². The van der Waals surface area contributed by atoms with Crippen molar-refractivity contribution in [3.05, 3.63) is 33.0 Å². The van der Waals surface area contributed by atoms with Gasteiger partial charge in [-0.05, 0) is 64.4 Å². The summed E-state index contributed by atoms with van der Waals surface area (Å²) in [5.74, 6) is 0.752. The summed E-state index contributed by atoms with van der Waals surface area (Å²) in [4.78, 5) is 0. The van der Waals surface area contributed by atoms with Gasteiger partial charge in [0, 0.05) is 9.50 Å². The van der Waals surface area contributed by atoms with Gasteiger partial charge < -0.3 is 5.32 Å². The number of aryl methyl sites for hydroxylation is 1. The number of hydrogen-bond acceptors (Lipinski definition) is 4. The van der Waals surface area contributed by atoms with Crippen LogP contribution in [0.5, 0.6) is 0 Å². The SMILES string of the molecule is CCNC(C)c1nnnn1-c1cc(Cl)c(C)cc1Br. The van der Waals surface area contributed by atoms with E-state index in [9.17, 15) is 0 Å². The van der Waals surface area contributed by atoms with Crippen LogP contribution in [0.1, 0.15) is 31.3 Å². The highest BCUT2D eigenvalue weighted by atomic mass is 79.9. The van der Waals surface area contributed by atoms with Crippen molar-refractivity contribution in [1.82, 2.24) is 25.5 Å². The molecule has 1 aromatic heterocycles. The van der Waals surface area contributed by atoms with Gasteiger partial charge in [0.15, 0.2) is 5.82 Å². The van der Waals surface area contributed by atoms with Gasteiger partial charge in [-0.25, -0.2) is 0 Å². The molecule has 0 amide bonds. The predicted molar refractivity (Wildman–Crippen MR) is 78.7 cm³/mol. The maximum atomic E-state index is 6.18. The number of tetrazole rings is 1. The van der Waals surface area contributed by atoms with E-state index in [-0.39, 0.29) is 6.04 Å². The molecule has 0 aliphatic carbocycles. The topological polar surface area (TPSA) is 55.6 Å². The molecule has 0 fully saturated rings. The maximum absolute atomic E-state index is 6.18. The van der Waals surface area contributed by atoms with Crippen molar-refractivity contribution < 1.29 is 0 Å². The lowest BCUT2D eigenvalue weighted by Crippen LogP contribution is -2.21. The minimum Gasteiger partial charge on any atom is -0.308 e. The summed E-state index contributed by atoms with van der Waals surface area (Å²) in [6.07, 6.45) is 0. The molecule has 2 aromatic rings. The predicted octanol–water partition coefficient (Wildman–Crippen LogP) is 3.06. The van der Waals surface area contributed by atoms with Gasteiger partial charge >= 0.3 is 0 Å². The summed E-state index contributed by atoms with van der Waals surface area (Å²) >= 11 is 9.71. The number of hydrogen-bond donors (Lipinski definition) is 1. The van der Waals surface area contributed by atoms with Crippen molar-refractivity contribution in [1.29, 1.82) is 0 Å². The molecular formula is C12H15BrClN5. The van der Waals surface area contributed by atoms with Crippen LogP contribution >= 0.6 is 27.5 Å². The fourth-order valence-corrected chi connectivity index (χ4v) is 2.61. The molecule has 5 nitrogen and oxygen atoms in total. The molecule has 19 heavy (non-hydrogen) atoms. The number of nitrogens with zero attached hydrogens (tertiary/aromatic N) is 4. The van der Waals surface area contributed by atoms with E-state index >= 15 is 0 Å². The number of aromatic nitrogens is 4. The lowest BCUT2D eigenvalue weighted by molar-refractivity contribution is 0.550. The normalized spacial score (nSPS) is 12.7. The van der Waals surface area contributed by atoms with Crippen molar-refractivity contribution in [2.75, 3.05) is 6.54 Å². The summed E-state index contributed by atoms with van der Waals surface area (Å²) in [6.45, 7) is 6.88. The van der Waals surface area contributed by atoms with Gasteiger partial charge in [-0.1, -0.05) is 18.5 Å². The van der Waals surface area contributed by atoms with Gasteiger partial charge in [-0.3, -0.25) is 0 Å². The van der Waals surface area contributed by atoms with Gasteiger partial charge in [0.05, 0.1) is 11.7 Å². The monoisotopic (exact) mass is 343 g/mol. The molecule has 0 bridgehead atoms. The Hall–Kier alpha value is -0.980. The van der Waals surface area contributed by atoms with E-state index in [0.717, 1.165) is 28.1 Å². The number of rotatable bonds is 4. The Bertz CT molecular complexity index is 583. The number of halogens is 2. The third-order valence-electron chi connectivity index (χ3n) is 2.85. The highest BCUT2D eigenvalue weighted by molar-refractivity contribution is 9.10. The Morgan fingerprint density at radius 2 is 2.21 bits per heavy atom. The molecule has 0 spiro atoms. The first-order chi connectivity index (χ1) is 9.04. The zero-order chi connectivity index (χ0) is 14.0. The average molecular weight is 345 g/mol. The second-order valence-corrected chi connectivity index (χ2v) is 5.54. The van der Waals surface area contributed by atoms with Crippen molar-refractivity contribution in [3.8, 4) is 5.69 Å². The largest absolute Gasteiger partial charge is 0.308 e. The van der Waals surface area contributed by atoms with Crippen LogP contribution < -0.4 is 5.32 Å². The minimum absolute atomic E-state index is 0.0620. The Kier molecular flexibility index (Phi) is 4.54. The highest BCUT2D eigenvalue weighted by Gasteiger charge is 2.17. The first-order valence-electron chi connectivity index (χ1n) is 6.02. The Morgan fingerprint density at radius 1 is 1.47 bits per heavy atom. The second kappa shape index (κ2) is 5.98. The molecule has 0 radical (unpaired) electrons. The third kappa shape index (κ3) is 2.96. The number of nitrogens with one attached hydrogen (secondary N) is 1. The minimum atomic E-state index is 0.0620. The van der Waals surface area contributed by atoms with Crippen molar-refractivity contribution in [2.24, 2.45) is 0 Å². The summed E-state index contributed by atoms with van der Waals surface area (Å²) in [6, 6.07) is 3.88. The van der Waals surface area contributed by atoms with Gasteiger partial charge in [0.2, 0.25) is 0 Å². The summed E-state index contributed by atoms with van der Waals surface area (Å²) < 4.78 is 2.61. The fraction of sp³-hybridized carbons (Fsp3) is 0.417. The molecule has 2 rings (SSSR count). The van der Waals surface area contributed by atoms with Gasteiger partial charge in [-0.2, -0.15) is 4.68 Å². The van der Waals surface area contributed by atoms with Crippen LogP contribution in [-0.4, -0.2) is 26.8 Å². The lowest BCUT2D eigenvalue weighted by atomic mass is 10.2. The molecule has 0 aliphatic heterocycles. The molecule has 1 atom stereocenters. The van der Waals surface area contributed by atoms with Crippen LogP contribution in [0.25, 0.3) is 5.69 Å². The summed E-state index contributed by atoms with van der Waals surface area (Å²) in [5, 5.41) is 15.9. The maximum Gasteiger partial charge on any atom is 0.173 e. The molecule has 7 heteroatoms. The van der Waals surface area contributed by atoms with E-state index in [0.29, 0.717) is 5.02 Å². The molecule has 1 heterocycles. The van der Waals surface area contributed by atoms with E-state index in [1.807, 2.05) is 32.9 Å². The lowest BCUT2D eigenvalue weighted by Gasteiger charge is -2.13. The van der Waals surface area contributed by atoms with Crippen molar-refractivity contribution in [3.63, 3.8) is 0 Å². The molecular weight excluding hydrogens is 330 g/mol. The fourth-order valence-electron chi connectivity index (χ4n) is 1.83. The third-order valence-corrected chi connectivity index (χ3v) is 3.89. The van der Waals surface area contributed by atoms with Crippen LogP contribution in [0.2, 0.25) is 5.02 Å². The van der Waals surface area contributed by atoms with Crippen molar-refractivity contribution in [2.45, 2.75) is 26.8 Å². The van der Waals surface area contributed by atoms with E-state index < -0.39 is 0 Å². The molecule has 1 aromatic carbocycles. The van der Waals surface area contributed by atoms with Crippen molar-refractivity contribution >= 4 is 27.5 Å². The van der Waals surface area contributed by atoms with Crippen LogP contribution in [0.3, 0.4) is 0 Å². The molecule has 1 unspecified atom stereocenters. The summed E-state index contributed by atoms with van der Waals surface area (Å²) in [7, 11) is 0. The molecule has 0 saturated carbocycles. The quantitative estimate of drug-likeness (QED) is 0.926. The molecule has 0 saturated heterocycles. The first kappa shape index (κ1) is 14.4. The Labute approximate surface area is 125 Å². The van der Waals surface area contributed by atoms with Gasteiger partial charge in [-0.15, -0.1) is 5.10 Å². The van der Waals surface area contributed by atoms with Crippen LogP contribution in [0.4, 0.5) is 0 Å². The zero-order valence-electron chi connectivity index (χ0n) is 11.0. The highest BCUT2D eigenvalue weighted by Crippen LogP contribution is 2.28. The van der Waals surface area contributed by atoms with Crippen LogP contribution in [0.15, 0.2) is 16.6 Å².